The maximum absolute atomic E-state index is 12.6. The van der Waals surface area contributed by atoms with E-state index in [2.05, 4.69) is 9.98 Å². The van der Waals surface area contributed by atoms with E-state index in [-0.39, 0.29) is 5.91 Å². The second-order valence-corrected chi connectivity index (χ2v) is 7.24. The second-order valence-electron chi connectivity index (χ2n) is 5.36. The summed E-state index contributed by atoms with van der Waals surface area (Å²) >= 11 is 2.86. The van der Waals surface area contributed by atoms with E-state index < -0.39 is 0 Å². The van der Waals surface area contributed by atoms with Crippen molar-refractivity contribution in [2.75, 3.05) is 25.5 Å². The Morgan fingerprint density at radius 1 is 1.29 bits per heavy atom. The van der Waals surface area contributed by atoms with Crippen LogP contribution in [0.1, 0.15) is 12.5 Å². The number of carbonyl (C=O) groups excluding carboxylic acids is 1. The molecule has 1 aliphatic rings. The fraction of sp³-hybridized carbons (Fsp3) is 0.235. The molecule has 7 heteroatoms. The third kappa shape index (κ3) is 3.52. The van der Waals surface area contributed by atoms with Crippen LogP contribution in [0.15, 0.2) is 45.7 Å². The number of hydrogen-bond acceptors (Lipinski definition) is 6. The standard InChI is InChI=1S/C17H18N4OS2/c1-4-21-15(22)14(24-17(21)19-16-18-9-10-23-16)11-12-5-7-13(8-6-12)20(2)3/h5-11H,4H2,1-3H3/b14-11-,19-17+. The Morgan fingerprint density at radius 2 is 2.04 bits per heavy atom. The Morgan fingerprint density at radius 3 is 2.62 bits per heavy atom. The minimum absolute atomic E-state index is 0.00510. The molecule has 0 aliphatic carbocycles. The van der Waals surface area contributed by atoms with Crippen molar-refractivity contribution in [3.05, 3.63) is 46.3 Å². The molecule has 0 saturated carbocycles. The summed E-state index contributed by atoms with van der Waals surface area (Å²) in [7, 11) is 4.01. The van der Waals surface area contributed by atoms with Crippen LogP contribution in [-0.2, 0) is 4.79 Å². The van der Waals surface area contributed by atoms with E-state index in [1.165, 1.54) is 23.1 Å². The maximum atomic E-state index is 12.6. The third-order valence-corrected chi connectivity index (χ3v) is 5.19. The fourth-order valence-corrected chi connectivity index (χ4v) is 3.85. The van der Waals surface area contributed by atoms with Crippen LogP contribution in [0.25, 0.3) is 6.08 Å². The molecule has 0 atom stereocenters. The summed E-state index contributed by atoms with van der Waals surface area (Å²) in [5.74, 6) is -0.00510. The Kier molecular flexibility index (Phi) is 5.01. The number of likely N-dealkylation sites (N-methyl/N-ethyl adjacent to an activating group) is 1. The lowest BCUT2D eigenvalue weighted by Gasteiger charge is -2.12. The topological polar surface area (TPSA) is 48.8 Å². The molecule has 1 aromatic heterocycles. The summed E-state index contributed by atoms with van der Waals surface area (Å²) in [4.78, 5) is 25.7. The Balaban J connectivity index is 1.87. The van der Waals surface area contributed by atoms with Crippen LogP contribution in [0.3, 0.4) is 0 Å². The molecule has 0 N–H and O–H groups in total. The van der Waals surface area contributed by atoms with Crippen molar-refractivity contribution in [3.8, 4) is 0 Å². The second kappa shape index (κ2) is 7.19. The van der Waals surface area contributed by atoms with Crippen LogP contribution in [-0.4, -0.2) is 41.6 Å². The molecule has 5 nitrogen and oxygen atoms in total. The lowest BCUT2D eigenvalue weighted by molar-refractivity contribution is -0.122. The summed E-state index contributed by atoms with van der Waals surface area (Å²) < 4.78 is 0. The summed E-state index contributed by atoms with van der Waals surface area (Å²) in [6, 6.07) is 8.11. The van der Waals surface area contributed by atoms with Gasteiger partial charge < -0.3 is 4.90 Å². The van der Waals surface area contributed by atoms with Crippen LogP contribution in [0, 0.1) is 0 Å². The Bertz CT molecular complexity index is 779. The number of thioether (sulfide) groups is 1. The van der Waals surface area contributed by atoms with E-state index in [9.17, 15) is 4.79 Å². The van der Waals surface area contributed by atoms with Gasteiger partial charge in [0.2, 0.25) is 5.13 Å². The summed E-state index contributed by atoms with van der Waals surface area (Å²) in [6.07, 6.45) is 3.63. The molecule has 1 saturated heterocycles. The number of nitrogens with zero attached hydrogens (tertiary/aromatic N) is 4. The van der Waals surface area contributed by atoms with Gasteiger partial charge in [-0.2, -0.15) is 4.99 Å². The van der Waals surface area contributed by atoms with Gasteiger partial charge in [-0.1, -0.05) is 12.1 Å². The van der Waals surface area contributed by atoms with Crippen molar-refractivity contribution < 1.29 is 4.79 Å². The first-order valence-electron chi connectivity index (χ1n) is 7.55. The minimum Gasteiger partial charge on any atom is -0.378 e. The molecule has 1 aliphatic heterocycles. The number of rotatable bonds is 4. The molecule has 0 bridgehead atoms. The highest BCUT2D eigenvalue weighted by Crippen LogP contribution is 2.34. The predicted molar refractivity (Wildman–Crippen MR) is 103 cm³/mol. The van der Waals surface area contributed by atoms with E-state index in [0.29, 0.717) is 21.7 Å². The minimum atomic E-state index is -0.00510. The normalized spacial score (nSPS) is 18.0. The number of aliphatic imine (C=N–C) groups is 1. The van der Waals surface area contributed by atoms with Gasteiger partial charge >= 0.3 is 0 Å². The number of thiazole rings is 1. The average Bonchev–Trinajstić information content (AvgIpc) is 3.17. The van der Waals surface area contributed by atoms with Gasteiger partial charge in [0.15, 0.2) is 5.17 Å². The van der Waals surface area contributed by atoms with Crippen molar-refractivity contribution in [2.24, 2.45) is 4.99 Å². The zero-order chi connectivity index (χ0) is 17.1. The molecule has 2 aromatic rings. The first kappa shape index (κ1) is 16.7. The smallest absolute Gasteiger partial charge is 0.266 e. The van der Waals surface area contributed by atoms with E-state index in [4.69, 9.17) is 0 Å². The van der Waals surface area contributed by atoms with Gasteiger partial charge in [-0.25, -0.2) is 4.98 Å². The molecule has 1 fully saturated rings. The number of hydrogen-bond donors (Lipinski definition) is 0. The molecular weight excluding hydrogens is 340 g/mol. The van der Waals surface area contributed by atoms with Crippen LogP contribution in [0.2, 0.25) is 0 Å². The van der Waals surface area contributed by atoms with Gasteiger partial charge in [0.05, 0.1) is 4.91 Å². The van der Waals surface area contributed by atoms with E-state index in [1.807, 2.05) is 61.6 Å². The summed E-state index contributed by atoms with van der Waals surface area (Å²) in [6.45, 7) is 2.54. The summed E-state index contributed by atoms with van der Waals surface area (Å²) in [5.41, 5.74) is 2.13. The van der Waals surface area contributed by atoms with Crippen LogP contribution >= 0.6 is 23.1 Å². The lowest BCUT2D eigenvalue weighted by Crippen LogP contribution is -2.28. The molecule has 124 valence electrons. The molecule has 24 heavy (non-hydrogen) atoms. The predicted octanol–water partition coefficient (Wildman–Crippen LogP) is 3.83. The van der Waals surface area contributed by atoms with Crippen molar-refractivity contribution in [2.45, 2.75) is 6.92 Å². The van der Waals surface area contributed by atoms with E-state index in [0.717, 1.165) is 11.3 Å². The molecule has 0 radical (unpaired) electrons. The largest absolute Gasteiger partial charge is 0.378 e. The average molecular weight is 358 g/mol. The van der Waals surface area contributed by atoms with Gasteiger partial charge in [0.25, 0.3) is 5.91 Å². The Labute approximate surface area is 149 Å². The molecule has 0 unspecified atom stereocenters. The van der Waals surface area contributed by atoms with Crippen molar-refractivity contribution in [3.63, 3.8) is 0 Å². The number of amidine groups is 1. The highest BCUT2D eigenvalue weighted by Gasteiger charge is 2.32. The number of amides is 1. The summed E-state index contributed by atoms with van der Waals surface area (Å²) in [5, 5.41) is 3.23. The number of benzene rings is 1. The van der Waals surface area contributed by atoms with Crippen molar-refractivity contribution >= 4 is 51.1 Å². The quantitative estimate of drug-likeness (QED) is 0.779. The van der Waals surface area contributed by atoms with Gasteiger partial charge in [0, 0.05) is 37.9 Å². The van der Waals surface area contributed by atoms with Gasteiger partial charge in [-0.05, 0) is 42.5 Å². The van der Waals surface area contributed by atoms with Crippen LogP contribution in [0.5, 0.6) is 0 Å². The van der Waals surface area contributed by atoms with Crippen molar-refractivity contribution in [1.29, 1.82) is 0 Å². The Hall–Kier alpha value is -2.12. The number of anilines is 1. The van der Waals surface area contributed by atoms with Crippen LogP contribution in [0.4, 0.5) is 10.8 Å². The van der Waals surface area contributed by atoms with E-state index in [1.54, 1.807) is 11.1 Å². The van der Waals surface area contributed by atoms with Gasteiger partial charge in [0.1, 0.15) is 0 Å². The molecular formula is C17H18N4OS2. The zero-order valence-electron chi connectivity index (χ0n) is 13.8. The zero-order valence-corrected chi connectivity index (χ0v) is 15.4. The highest BCUT2D eigenvalue weighted by atomic mass is 32.2. The van der Waals surface area contributed by atoms with Gasteiger partial charge in [-0.3, -0.25) is 9.69 Å². The maximum Gasteiger partial charge on any atom is 0.266 e. The molecule has 2 heterocycles. The van der Waals surface area contributed by atoms with Gasteiger partial charge in [-0.15, -0.1) is 11.3 Å². The molecule has 1 amide bonds. The number of carbonyl (C=O) groups is 1. The highest BCUT2D eigenvalue weighted by molar-refractivity contribution is 8.18. The monoisotopic (exact) mass is 358 g/mol. The molecule has 3 rings (SSSR count). The van der Waals surface area contributed by atoms with E-state index >= 15 is 0 Å². The first-order chi connectivity index (χ1) is 11.6. The fourth-order valence-electron chi connectivity index (χ4n) is 2.24. The van der Waals surface area contributed by atoms with Crippen LogP contribution < -0.4 is 4.90 Å². The molecule has 0 spiro atoms. The van der Waals surface area contributed by atoms with Crippen molar-refractivity contribution in [1.82, 2.24) is 9.88 Å². The molecule has 1 aromatic carbocycles. The lowest BCUT2D eigenvalue weighted by atomic mass is 10.2. The third-order valence-electron chi connectivity index (χ3n) is 3.52. The SMILES string of the molecule is CCN1C(=O)/C(=C/c2ccc(N(C)C)cc2)S/C1=N/c1nccs1. The number of aromatic nitrogens is 1. The first-order valence-corrected chi connectivity index (χ1v) is 9.25.